The maximum atomic E-state index is 10.1. The van der Waals surface area contributed by atoms with E-state index in [1.165, 1.54) is 31.3 Å². The summed E-state index contributed by atoms with van der Waals surface area (Å²) in [6.07, 6.45) is 13.1. The summed E-state index contributed by atoms with van der Waals surface area (Å²) in [5.41, 5.74) is 2.65. The minimum absolute atomic E-state index is 0.172. The Balaban J connectivity index is 1.68. The van der Waals surface area contributed by atoms with Gasteiger partial charge in [0.15, 0.2) is 0 Å². The molecule has 7 atom stereocenters. The zero-order valence-corrected chi connectivity index (χ0v) is 19.8. The van der Waals surface area contributed by atoms with Gasteiger partial charge in [0, 0.05) is 6.42 Å². The number of fused-ring (bicyclic) bond motifs is 1. The topological polar surface area (TPSA) is 80.9 Å². The van der Waals surface area contributed by atoms with E-state index in [0.29, 0.717) is 42.4 Å². The molecule has 0 aliphatic heterocycles. The van der Waals surface area contributed by atoms with Crippen LogP contribution in [-0.4, -0.2) is 44.8 Å². The summed E-state index contributed by atoms with van der Waals surface area (Å²) in [7, 11) is 0. The normalized spacial score (nSPS) is 39.5. The zero-order valence-electron chi connectivity index (χ0n) is 19.8. The SMILES string of the molecule is C=C1/C(=C\C=C2/CCC[C@]3(C)[C@@H]([C@H](C)CCC[C@](C)(O)CO)CC[C@@H]23)C[C@@H](O)C[C@@H]1O. The van der Waals surface area contributed by atoms with Crippen LogP contribution in [-0.2, 0) is 0 Å². The molecule has 0 aromatic rings. The molecule has 176 valence electrons. The van der Waals surface area contributed by atoms with Crippen molar-refractivity contribution in [3.63, 3.8) is 0 Å². The lowest BCUT2D eigenvalue weighted by Gasteiger charge is -2.44. The van der Waals surface area contributed by atoms with Crippen molar-refractivity contribution in [2.45, 2.75) is 103 Å². The lowest BCUT2D eigenvalue weighted by Crippen LogP contribution is -2.36. The molecular weight excluding hydrogens is 388 g/mol. The smallest absolute Gasteiger partial charge is 0.0849 e. The van der Waals surface area contributed by atoms with Crippen LogP contribution < -0.4 is 0 Å². The summed E-state index contributed by atoms with van der Waals surface area (Å²) in [4.78, 5) is 0. The van der Waals surface area contributed by atoms with E-state index in [2.05, 4.69) is 32.6 Å². The number of hydrogen-bond acceptors (Lipinski definition) is 4. The molecule has 4 N–H and O–H groups in total. The highest BCUT2D eigenvalue weighted by atomic mass is 16.3. The van der Waals surface area contributed by atoms with Crippen LogP contribution >= 0.6 is 0 Å². The fraction of sp³-hybridized carbons (Fsp3) is 0.778. The van der Waals surface area contributed by atoms with E-state index in [1.807, 2.05) is 0 Å². The van der Waals surface area contributed by atoms with Gasteiger partial charge in [-0.15, -0.1) is 0 Å². The first-order chi connectivity index (χ1) is 14.6. The van der Waals surface area contributed by atoms with Crippen molar-refractivity contribution in [1.82, 2.24) is 0 Å². The van der Waals surface area contributed by atoms with E-state index in [9.17, 15) is 20.4 Å². The van der Waals surface area contributed by atoms with E-state index in [1.54, 1.807) is 6.92 Å². The van der Waals surface area contributed by atoms with Gasteiger partial charge in [-0.25, -0.2) is 0 Å². The third kappa shape index (κ3) is 5.52. The lowest BCUT2D eigenvalue weighted by atomic mass is 9.60. The van der Waals surface area contributed by atoms with E-state index in [0.717, 1.165) is 30.4 Å². The van der Waals surface area contributed by atoms with E-state index >= 15 is 0 Å². The molecule has 0 amide bonds. The van der Waals surface area contributed by atoms with Gasteiger partial charge in [0.2, 0.25) is 0 Å². The Bertz CT molecular complexity index is 706. The Labute approximate surface area is 188 Å². The second-order valence-electron chi connectivity index (χ2n) is 11.2. The van der Waals surface area contributed by atoms with Gasteiger partial charge in [-0.1, -0.05) is 51.0 Å². The summed E-state index contributed by atoms with van der Waals surface area (Å²) in [5.74, 6) is 1.92. The molecule has 31 heavy (non-hydrogen) atoms. The third-order valence-electron chi connectivity index (χ3n) is 8.70. The number of hydrogen-bond donors (Lipinski definition) is 4. The number of aliphatic hydroxyl groups is 4. The third-order valence-corrected chi connectivity index (χ3v) is 8.70. The summed E-state index contributed by atoms with van der Waals surface area (Å²) in [6.45, 7) is 10.5. The average molecular weight is 433 g/mol. The van der Waals surface area contributed by atoms with Crippen LogP contribution in [0.5, 0.6) is 0 Å². The highest BCUT2D eigenvalue weighted by molar-refractivity contribution is 5.38. The number of allylic oxidation sites excluding steroid dienone is 3. The molecule has 0 heterocycles. The lowest BCUT2D eigenvalue weighted by molar-refractivity contribution is -0.00891. The van der Waals surface area contributed by atoms with Gasteiger partial charge in [0.1, 0.15) is 0 Å². The highest BCUT2D eigenvalue weighted by Crippen LogP contribution is 2.60. The maximum absolute atomic E-state index is 10.1. The molecule has 0 spiro atoms. The molecule has 0 unspecified atom stereocenters. The summed E-state index contributed by atoms with van der Waals surface area (Å²) in [6, 6.07) is 0. The maximum Gasteiger partial charge on any atom is 0.0849 e. The Morgan fingerprint density at radius 1 is 1.26 bits per heavy atom. The Kier molecular flexibility index (Phi) is 7.89. The fourth-order valence-electron chi connectivity index (χ4n) is 6.76. The minimum atomic E-state index is -0.958. The number of aliphatic hydroxyl groups excluding tert-OH is 3. The molecule has 4 nitrogen and oxygen atoms in total. The number of rotatable bonds is 7. The van der Waals surface area contributed by atoms with Gasteiger partial charge < -0.3 is 20.4 Å². The zero-order chi connectivity index (χ0) is 22.8. The summed E-state index contributed by atoms with van der Waals surface area (Å²) >= 11 is 0. The summed E-state index contributed by atoms with van der Waals surface area (Å²) < 4.78 is 0. The molecule has 3 rings (SSSR count). The van der Waals surface area contributed by atoms with E-state index < -0.39 is 17.8 Å². The first kappa shape index (κ1) is 24.7. The Morgan fingerprint density at radius 2 is 2.00 bits per heavy atom. The molecule has 0 saturated heterocycles. The monoisotopic (exact) mass is 432 g/mol. The van der Waals surface area contributed by atoms with E-state index in [-0.39, 0.29) is 6.61 Å². The predicted octanol–water partition coefficient (Wildman–Crippen LogP) is 4.68. The van der Waals surface area contributed by atoms with Crippen molar-refractivity contribution >= 4 is 0 Å². The van der Waals surface area contributed by atoms with Crippen molar-refractivity contribution in [3.8, 4) is 0 Å². The van der Waals surface area contributed by atoms with Crippen molar-refractivity contribution in [1.29, 1.82) is 0 Å². The molecule has 4 heteroatoms. The predicted molar refractivity (Wildman–Crippen MR) is 125 cm³/mol. The minimum Gasteiger partial charge on any atom is -0.393 e. The van der Waals surface area contributed by atoms with Crippen molar-refractivity contribution in [2.75, 3.05) is 6.61 Å². The fourth-order valence-corrected chi connectivity index (χ4v) is 6.76. The van der Waals surface area contributed by atoms with Gasteiger partial charge in [-0.3, -0.25) is 0 Å². The quantitative estimate of drug-likeness (QED) is 0.471. The molecule has 0 bridgehead atoms. The molecule has 0 aromatic carbocycles. The van der Waals surface area contributed by atoms with Crippen molar-refractivity contribution in [3.05, 3.63) is 35.5 Å². The molecular formula is C27H44O4. The van der Waals surface area contributed by atoms with Crippen LogP contribution in [0.25, 0.3) is 0 Å². The van der Waals surface area contributed by atoms with Crippen molar-refractivity contribution in [2.24, 2.45) is 23.2 Å². The molecule has 0 radical (unpaired) electrons. The highest BCUT2D eigenvalue weighted by Gasteiger charge is 2.50. The van der Waals surface area contributed by atoms with Gasteiger partial charge in [-0.05, 0) is 86.2 Å². The van der Waals surface area contributed by atoms with Crippen LogP contribution in [0.3, 0.4) is 0 Å². The van der Waals surface area contributed by atoms with E-state index in [4.69, 9.17) is 0 Å². The van der Waals surface area contributed by atoms with Crippen LogP contribution in [0.1, 0.15) is 85.0 Å². The largest absolute Gasteiger partial charge is 0.393 e. The first-order valence-electron chi connectivity index (χ1n) is 12.4. The standard InChI is InChI=1S/C27H44O4/c1-18(7-5-13-26(3,31)17-28)23-11-12-24-20(8-6-14-27(23,24)4)9-10-21-15-22(29)16-25(30)19(21)2/h9-10,18,22-25,28-31H,2,5-8,11-17H2,1,3-4H3/b20-9+,21-10-/t18-,22-,23-,24+,25+,26+,27-/m1/s1. The second-order valence-corrected chi connectivity index (χ2v) is 11.2. The Morgan fingerprint density at radius 3 is 2.71 bits per heavy atom. The molecule has 3 aliphatic carbocycles. The van der Waals surface area contributed by atoms with Gasteiger partial charge in [0.05, 0.1) is 24.4 Å². The van der Waals surface area contributed by atoms with Gasteiger partial charge in [-0.2, -0.15) is 0 Å². The van der Waals surface area contributed by atoms with Crippen LogP contribution in [0, 0.1) is 23.2 Å². The van der Waals surface area contributed by atoms with Gasteiger partial charge in [0.25, 0.3) is 0 Å². The van der Waals surface area contributed by atoms with Crippen LogP contribution in [0.4, 0.5) is 0 Å². The molecule has 3 fully saturated rings. The first-order valence-corrected chi connectivity index (χ1v) is 12.4. The second kappa shape index (κ2) is 9.91. The molecule has 3 aliphatic rings. The molecule has 3 saturated carbocycles. The Hall–Kier alpha value is -0.940. The molecule has 0 aromatic heterocycles. The summed E-state index contributed by atoms with van der Waals surface area (Å²) in [5, 5.41) is 39.5. The van der Waals surface area contributed by atoms with Crippen molar-refractivity contribution < 1.29 is 20.4 Å². The van der Waals surface area contributed by atoms with Crippen LogP contribution in [0.2, 0.25) is 0 Å². The average Bonchev–Trinajstić information content (AvgIpc) is 3.07. The van der Waals surface area contributed by atoms with Gasteiger partial charge >= 0.3 is 0 Å². The van der Waals surface area contributed by atoms with Crippen LogP contribution in [0.15, 0.2) is 35.5 Å².